The first-order valence-corrected chi connectivity index (χ1v) is 9.37. The maximum atomic E-state index is 12.0. The van der Waals surface area contributed by atoms with Crippen LogP contribution in [0, 0.1) is 0 Å². The molecule has 8 heteroatoms. The van der Waals surface area contributed by atoms with Gasteiger partial charge in [0.15, 0.2) is 5.03 Å². The van der Waals surface area contributed by atoms with Gasteiger partial charge in [0.1, 0.15) is 5.75 Å². The predicted octanol–water partition coefficient (Wildman–Crippen LogP) is 2.62. The first-order chi connectivity index (χ1) is 12.7. The van der Waals surface area contributed by atoms with Gasteiger partial charge in [-0.1, -0.05) is 12.1 Å². The summed E-state index contributed by atoms with van der Waals surface area (Å²) in [6, 6.07) is 11.2. The van der Waals surface area contributed by atoms with E-state index in [0.29, 0.717) is 16.7 Å². The van der Waals surface area contributed by atoms with Gasteiger partial charge in [0.05, 0.1) is 29.1 Å². The maximum Gasteiger partial charge on any atom is 0.251 e. The molecule has 1 aromatic carbocycles. The van der Waals surface area contributed by atoms with Crippen LogP contribution in [0.2, 0.25) is 0 Å². The Hall–Kier alpha value is -3.13. The summed E-state index contributed by atoms with van der Waals surface area (Å²) in [5.41, 5.74) is 2.30. The van der Waals surface area contributed by atoms with Crippen LogP contribution in [0.4, 0.5) is 0 Å². The van der Waals surface area contributed by atoms with E-state index >= 15 is 0 Å². The van der Waals surface area contributed by atoms with Crippen LogP contribution in [0.3, 0.4) is 0 Å². The summed E-state index contributed by atoms with van der Waals surface area (Å²) in [6.45, 7) is 0. The van der Waals surface area contributed by atoms with E-state index in [9.17, 15) is 4.21 Å². The zero-order chi connectivity index (χ0) is 18.1. The minimum Gasteiger partial charge on any atom is -0.497 e. The number of rotatable bonds is 4. The third-order valence-electron chi connectivity index (χ3n) is 3.92. The number of ether oxygens (including phenoxy) is 1. The van der Waals surface area contributed by atoms with Crippen LogP contribution in [0.15, 0.2) is 60.0 Å². The minimum atomic E-state index is -1.21. The van der Waals surface area contributed by atoms with E-state index in [-0.39, 0.29) is 0 Å². The predicted molar refractivity (Wildman–Crippen MR) is 98.8 cm³/mol. The molecule has 3 heterocycles. The summed E-state index contributed by atoms with van der Waals surface area (Å²) >= 11 is 0. The fraction of sp³-hybridized carbons (Fsp3) is 0.111. The van der Waals surface area contributed by atoms with Crippen LogP contribution in [-0.2, 0) is 10.8 Å². The summed E-state index contributed by atoms with van der Waals surface area (Å²) in [5.74, 6) is 1.12. The summed E-state index contributed by atoms with van der Waals surface area (Å²) in [4.78, 5) is 13.1. The van der Waals surface area contributed by atoms with Gasteiger partial charge in [0.2, 0.25) is 0 Å². The van der Waals surface area contributed by atoms with E-state index in [4.69, 9.17) is 4.74 Å². The van der Waals surface area contributed by atoms with Gasteiger partial charge in [-0.2, -0.15) is 9.78 Å². The highest BCUT2D eigenvalue weighted by molar-refractivity contribution is 7.84. The zero-order valence-corrected chi connectivity index (χ0v) is 15.0. The second-order valence-corrected chi connectivity index (χ2v) is 6.84. The smallest absolute Gasteiger partial charge is 0.251 e. The van der Waals surface area contributed by atoms with Crippen molar-refractivity contribution in [3.05, 3.63) is 55.0 Å². The second-order valence-electron chi connectivity index (χ2n) is 5.54. The molecule has 0 radical (unpaired) electrons. The van der Waals surface area contributed by atoms with Crippen LogP contribution in [0.1, 0.15) is 0 Å². The number of aromatic nitrogens is 5. The molecule has 0 aliphatic carbocycles. The molecule has 26 heavy (non-hydrogen) atoms. The third kappa shape index (κ3) is 2.84. The summed E-state index contributed by atoms with van der Waals surface area (Å²) in [5, 5.41) is 5.79. The van der Waals surface area contributed by atoms with E-state index in [0.717, 1.165) is 22.2 Å². The molecule has 0 bridgehead atoms. The van der Waals surface area contributed by atoms with E-state index in [1.54, 1.807) is 42.7 Å². The van der Waals surface area contributed by atoms with Gasteiger partial charge < -0.3 is 4.74 Å². The molecule has 130 valence electrons. The van der Waals surface area contributed by atoms with Gasteiger partial charge in [-0.25, -0.2) is 9.97 Å². The normalized spacial score (nSPS) is 12.2. The zero-order valence-electron chi connectivity index (χ0n) is 14.2. The van der Waals surface area contributed by atoms with Crippen molar-refractivity contribution in [2.45, 2.75) is 5.03 Å². The average molecular weight is 365 g/mol. The van der Waals surface area contributed by atoms with Gasteiger partial charge >= 0.3 is 0 Å². The molecule has 7 nitrogen and oxygen atoms in total. The number of fused-ring (bicyclic) bond motifs is 1. The molecule has 0 N–H and O–H groups in total. The van der Waals surface area contributed by atoms with Crippen molar-refractivity contribution in [3.63, 3.8) is 0 Å². The number of pyridine rings is 1. The van der Waals surface area contributed by atoms with Gasteiger partial charge in [-0.3, -0.25) is 9.19 Å². The molecule has 4 rings (SSSR count). The highest BCUT2D eigenvalue weighted by Gasteiger charge is 2.15. The van der Waals surface area contributed by atoms with Gasteiger partial charge in [0.25, 0.3) is 5.95 Å². The minimum absolute atomic E-state index is 0.407. The Labute approximate surface area is 152 Å². The Bertz CT molecular complexity index is 1110. The monoisotopic (exact) mass is 365 g/mol. The van der Waals surface area contributed by atoms with Crippen LogP contribution < -0.4 is 4.74 Å². The molecule has 0 fully saturated rings. The van der Waals surface area contributed by atoms with Gasteiger partial charge in [-0.15, -0.1) is 0 Å². The van der Waals surface area contributed by atoms with Crippen LogP contribution in [0.25, 0.3) is 28.1 Å². The molecule has 1 unspecified atom stereocenters. The molecule has 0 saturated heterocycles. The van der Waals surface area contributed by atoms with E-state index < -0.39 is 10.8 Å². The lowest BCUT2D eigenvalue weighted by Crippen LogP contribution is -2.03. The van der Waals surface area contributed by atoms with Crippen molar-refractivity contribution in [2.75, 3.05) is 13.4 Å². The van der Waals surface area contributed by atoms with E-state index in [1.807, 2.05) is 30.3 Å². The molecule has 0 spiro atoms. The highest BCUT2D eigenvalue weighted by atomic mass is 32.2. The lowest BCUT2D eigenvalue weighted by molar-refractivity contribution is 0.414. The van der Waals surface area contributed by atoms with Gasteiger partial charge in [0, 0.05) is 41.9 Å². The van der Waals surface area contributed by atoms with Crippen molar-refractivity contribution < 1.29 is 8.95 Å². The molecule has 0 saturated carbocycles. The maximum absolute atomic E-state index is 12.0. The molecule has 4 aromatic rings. The van der Waals surface area contributed by atoms with Crippen molar-refractivity contribution in [1.82, 2.24) is 24.7 Å². The summed E-state index contributed by atoms with van der Waals surface area (Å²) in [6.07, 6.45) is 6.65. The number of benzene rings is 1. The average Bonchev–Trinajstić information content (AvgIpc) is 3.08. The van der Waals surface area contributed by atoms with Crippen molar-refractivity contribution in [1.29, 1.82) is 0 Å². The molecule has 0 amide bonds. The van der Waals surface area contributed by atoms with E-state index in [2.05, 4.69) is 20.1 Å². The second kappa shape index (κ2) is 6.64. The first kappa shape index (κ1) is 16.3. The molecular weight excluding hydrogens is 350 g/mol. The number of hydrogen-bond donors (Lipinski definition) is 0. The SMILES string of the molecule is COc1ccnc(-c2cnc(-n3nc(S(C)=O)c4ccccc43)nc2)c1. The Morgan fingerprint density at radius 3 is 2.58 bits per heavy atom. The molecule has 3 aromatic heterocycles. The fourth-order valence-corrected chi connectivity index (χ4v) is 3.34. The van der Waals surface area contributed by atoms with Crippen LogP contribution in [0.5, 0.6) is 5.75 Å². The first-order valence-electron chi connectivity index (χ1n) is 7.81. The number of hydrogen-bond acceptors (Lipinski definition) is 6. The summed E-state index contributed by atoms with van der Waals surface area (Å²) < 4.78 is 18.8. The Kier molecular flexibility index (Phi) is 4.18. The fourth-order valence-electron chi connectivity index (χ4n) is 2.66. The Morgan fingerprint density at radius 1 is 1.08 bits per heavy atom. The molecule has 1 atom stereocenters. The van der Waals surface area contributed by atoms with Crippen molar-refractivity contribution in [2.24, 2.45) is 0 Å². The number of para-hydroxylation sites is 1. The quantitative estimate of drug-likeness (QED) is 0.553. The highest BCUT2D eigenvalue weighted by Crippen LogP contribution is 2.24. The summed E-state index contributed by atoms with van der Waals surface area (Å²) in [7, 11) is 0.402. The van der Waals surface area contributed by atoms with Crippen LogP contribution in [-0.4, -0.2) is 42.3 Å². The van der Waals surface area contributed by atoms with Gasteiger partial charge in [-0.05, 0) is 18.2 Å². The molecular formula is C18H15N5O2S. The van der Waals surface area contributed by atoms with Crippen LogP contribution >= 0.6 is 0 Å². The number of methoxy groups -OCH3 is 1. The largest absolute Gasteiger partial charge is 0.497 e. The van der Waals surface area contributed by atoms with Crippen molar-refractivity contribution in [3.8, 4) is 23.0 Å². The topological polar surface area (TPSA) is 82.8 Å². The Morgan fingerprint density at radius 2 is 1.85 bits per heavy atom. The lowest BCUT2D eigenvalue weighted by Gasteiger charge is -2.05. The van der Waals surface area contributed by atoms with E-state index in [1.165, 1.54) is 0 Å². The Balaban J connectivity index is 1.78. The molecule has 0 aliphatic heterocycles. The standard InChI is InChI=1S/C18H15N5O2S/c1-25-13-7-8-19-15(9-13)12-10-20-18(21-11-12)23-16-6-4-3-5-14(16)17(22-23)26(2)24/h3-11H,1-2H3. The molecule has 0 aliphatic rings. The number of nitrogens with zero attached hydrogens (tertiary/aromatic N) is 5. The third-order valence-corrected chi connectivity index (χ3v) is 4.76. The lowest BCUT2D eigenvalue weighted by atomic mass is 10.2. The van der Waals surface area contributed by atoms with Crippen molar-refractivity contribution >= 4 is 21.7 Å².